The highest BCUT2D eigenvalue weighted by molar-refractivity contribution is 7.17. The summed E-state index contributed by atoms with van der Waals surface area (Å²) in [6.07, 6.45) is 6.70. The zero-order valence-electron chi connectivity index (χ0n) is 18.5. The van der Waals surface area contributed by atoms with E-state index in [1.54, 1.807) is 37.2 Å². The van der Waals surface area contributed by atoms with Gasteiger partial charge in [-0.2, -0.15) is 4.98 Å². The Kier molecular flexibility index (Phi) is 8.43. The SMILES string of the molecule is CCCCCN(C(=O)CCc1nc(-c2cccnc2)no1)c1nc(C)c(C(=O)OCC)s1. The summed E-state index contributed by atoms with van der Waals surface area (Å²) in [6.45, 7) is 6.43. The Morgan fingerprint density at radius 3 is 2.78 bits per heavy atom. The molecule has 10 heteroatoms. The van der Waals surface area contributed by atoms with Crippen LogP contribution in [0.1, 0.15) is 60.8 Å². The lowest BCUT2D eigenvalue weighted by molar-refractivity contribution is -0.118. The van der Waals surface area contributed by atoms with Crippen molar-refractivity contribution in [1.82, 2.24) is 20.1 Å². The Morgan fingerprint density at radius 2 is 2.06 bits per heavy atom. The number of aryl methyl sites for hydroxylation is 2. The molecule has 3 rings (SSSR count). The average molecular weight is 458 g/mol. The molecule has 0 aliphatic rings. The smallest absolute Gasteiger partial charge is 0.350 e. The second-order valence-corrected chi connectivity index (χ2v) is 8.11. The number of anilines is 1. The molecule has 0 fully saturated rings. The number of ether oxygens (including phenoxy) is 1. The van der Waals surface area contributed by atoms with Crippen LogP contribution in [0.5, 0.6) is 0 Å². The number of amides is 1. The van der Waals surface area contributed by atoms with Gasteiger partial charge >= 0.3 is 5.97 Å². The molecule has 0 unspecified atom stereocenters. The van der Waals surface area contributed by atoms with E-state index in [1.165, 1.54) is 11.3 Å². The molecule has 0 aliphatic heterocycles. The van der Waals surface area contributed by atoms with Crippen LogP contribution in [0.15, 0.2) is 29.0 Å². The van der Waals surface area contributed by atoms with Gasteiger partial charge in [-0.3, -0.25) is 14.7 Å². The summed E-state index contributed by atoms with van der Waals surface area (Å²) in [7, 11) is 0. The molecule has 32 heavy (non-hydrogen) atoms. The van der Waals surface area contributed by atoms with Gasteiger partial charge < -0.3 is 9.26 Å². The summed E-state index contributed by atoms with van der Waals surface area (Å²) in [4.78, 5) is 40.2. The van der Waals surface area contributed by atoms with Crippen LogP contribution in [-0.2, 0) is 16.0 Å². The molecule has 0 spiro atoms. The van der Waals surface area contributed by atoms with Crippen LogP contribution < -0.4 is 4.90 Å². The van der Waals surface area contributed by atoms with Gasteiger partial charge in [-0.15, -0.1) is 0 Å². The van der Waals surface area contributed by atoms with Crippen LogP contribution in [0.4, 0.5) is 5.13 Å². The maximum absolute atomic E-state index is 13.1. The third-order valence-electron chi connectivity index (χ3n) is 4.70. The average Bonchev–Trinajstić information content (AvgIpc) is 3.43. The number of hydrogen-bond acceptors (Lipinski definition) is 9. The molecule has 170 valence electrons. The van der Waals surface area contributed by atoms with Crippen LogP contribution in [-0.4, -0.2) is 45.1 Å². The number of hydrogen-bond donors (Lipinski definition) is 0. The third-order valence-corrected chi connectivity index (χ3v) is 5.86. The molecule has 0 aromatic carbocycles. The molecule has 9 nitrogen and oxygen atoms in total. The van der Waals surface area contributed by atoms with Gasteiger partial charge in [0.05, 0.1) is 12.3 Å². The number of unbranched alkanes of at least 4 members (excludes halogenated alkanes) is 2. The third kappa shape index (κ3) is 5.97. The molecule has 0 radical (unpaired) electrons. The van der Waals surface area contributed by atoms with E-state index in [0.29, 0.717) is 40.4 Å². The molecule has 0 bridgehead atoms. The van der Waals surface area contributed by atoms with Crippen LogP contribution in [0.25, 0.3) is 11.4 Å². The van der Waals surface area contributed by atoms with Gasteiger partial charge in [-0.25, -0.2) is 9.78 Å². The van der Waals surface area contributed by atoms with Crippen molar-refractivity contribution in [2.45, 2.75) is 52.9 Å². The Labute approximate surface area is 190 Å². The summed E-state index contributed by atoms with van der Waals surface area (Å²) >= 11 is 1.19. The number of nitrogens with zero attached hydrogens (tertiary/aromatic N) is 5. The standard InChI is InChI=1S/C22H27N5O4S/c1-4-6-7-13-27(22-24-15(3)19(32-22)21(29)30-5-2)18(28)11-10-17-25-20(26-31-17)16-9-8-12-23-14-16/h8-9,12,14H,4-7,10-11,13H2,1-3H3. The predicted octanol–water partition coefficient (Wildman–Crippen LogP) is 4.23. The van der Waals surface area contributed by atoms with E-state index in [2.05, 4.69) is 27.0 Å². The van der Waals surface area contributed by atoms with Crippen molar-refractivity contribution in [3.8, 4) is 11.4 Å². The predicted molar refractivity (Wildman–Crippen MR) is 121 cm³/mol. The number of aromatic nitrogens is 4. The van der Waals surface area contributed by atoms with Crippen molar-refractivity contribution in [1.29, 1.82) is 0 Å². The number of rotatable bonds is 11. The normalized spacial score (nSPS) is 10.8. The molecule has 3 heterocycles. The minimum atomic E-state index is -0.413. The Morgan fingerprint density at radius 1 is 1.22 bits per heavy atom. The molecule has 3 aromatic heterocycles. The number of esters is 1. The molecule has 0 atom stereocenters. The quantitative estimate of drug-likeness (QED) is 0.311. The molecule has 3 aromatic rings. The van der Waals surface area contributed by atoms with Crippen molar-refractivity contribution in [2.24, 2.45) is 0 Å². The van der Waals surface area contributed by atoms with Crippen molar-refractivity contribution in [2.75, 3.05) is 18.1 Å². The molecule has 1 amide bonds. The second kappa shape index (κ2) is 11.5. The highest BCUT2D eigenvalue weighted by Crippen LogP contribution is 2.28. The van der Waals surface area contributed by atoms with Gasteiger partial charge in [0.15, 0.2) is 5.13 Å². The van der Waals surface area contributed by atoms with E-state index < -0.39 is 5.97 Å². The zero-order chi connectivity index (χ0) is 22.9. The Hall–Kier alpha value is -3.14. The molecule has 0 saturated heterocycles. The molecule has 0 aliphatic carbocycles. The van der Waals surface area contributed by atoms with Crippen LogP contribution in [0, 0.1) is 6.92 Å². The van der Waals surface area contributed by atoms with Gasteiger partial charge in [0.1, 0.15) is 4.88 Å². The van der Waals surface area contributed by atoms with E-state index in [4.69, 9.17) is 9.26 Å². The fourth-order valence-corrected chi connectivity index (χ4v) is 4.05. The molecule has 0 saturated carbocycles. The lowest BCUT2D eigenvalue weighted by Crippen LogP contribution is -2.32. The fourth-order valence-electron chi connectivity index (χ4n) is 3.05. The monoisotopic (exact) mass is 457 g/mol. The number of pyridine rings is 1. The van der Waals surface area contributed by atoms with Crippen LogP contribution in [0.2, 0.25) is 0 Å². The lowest BCUT2D eigenvalue weighted by Gasteiger charge is -2.19. The van der Waals surface area contributed by atoms with Crippen LogP contribution >= 0.6 is 11.3 Å². The maximum atomic E-state index is 13.1. The summed E-state index contributed by atoms with van der Waals surface area (Å²) in [5, 5.41) is 4.47. The molecular formula is C22H27N5O4S. The first-order chi connectivity index (χ1) is 15.5. The van der Waals surface area contributed by atoms with E-state index >= 15 is 0 Å². The first-order valence-corrected chi connectivity index (χ1v) is 11.5. The van der Waals surface area contributed by atoms with Gasteiger partial charge in [0.2, 0.25) is 17.6 Å². The van der Waals surface area contributed by atoms with Crippen molar-refractivity contribution >= 4 is 28.3 Å². The minimum absolute atomic E-state index is 0.105. The van der Waals surface area contributed by atoms with Crippen molar-refractivity contribution in [3.05, 3.63) is 41.0 Å². The van der Waals surface area contributed by atoms with E-state index in [-0.39, 0.29) is 18.9 Å². The second-order valence-electron chi connectivity index (χ2n) is 7.14. The van der Waals surface area contributed by atoms with Crippen molar-refractivity contribution < 1.29 is 18.8 Å². The summed E-state index contributed by atoms with van der Waals surface area (Å²) < 4.78 is 10.4. The molecular weight excluding hydrogens is 430 g/mol. The van der Waals surface area contributed by atoms with Gasteiger partial charge in [0, 0.05) is 37.3 Å². The fraction of sp³-hybridized carbons (Fsp3) is 0.455. The van der Waals surface area contributed by atoms with E-state index in [0.717, 1.165) is 24.8 Å². The van der Waals surface area contributed by atoms with E-state index in [9.17, 15) is 9.59 Å². The minimum Gasteiger partial charge on any atom is -0.462 e. The first kappa shape index (κ1) is 23.5. The highest BCUT2D eigenvalue weighted by atomic mass is 32.1. The largest absolute Gasteiger partial charge is 0.462 e. The number of thiazole rings is 1. The summed E-state index contributed by atoms with van der Waals surface area (Å²) in [5.41, 5.74) is 1.31. The summed E-state index contributed by atoms with van der Waals surface area (Å²) in [5.74, 6) is 0.304. The maximum Gasteiger partial charge on any atom is 0.350 e. The number of carbonyl (C=O) groups excluding carboxylic acids is 2. The van der Waals surface area contributed by atoms with Gasteiger partial charge in [0.25, 0.3) is 0 Å². The molecule has 0 N–H and O–H groups in total. The lowest BCUT2D eigenvalue weighted by atomic mass is 10.2. The van der Waals surface area contributed by atoms with Crippen LogP contribution in [0.3, 0.4) is 0 Å². The Bertz CT molecular complexity index is 1030. The van der Waals surface area contributed by atoms with E-state index in [1.807, 2.05) is 6.07 Å². The summed E-state index contributed by atoms with van der Waals surface area (Å²) in [6, 6.07) is 3.64. The highest BCUT2D eigenvalue weighted by Gasteiger charge is 2.24. The first-order valence-electron chi connectivity index (χ1n) is 10.7. The number of carbonyl (C=O) groups is 2. The van der Waals surface area contributed by atoms with Gasteiger partial charge in [-0.1, -0.05) is 36.3 Å². The topological polar surface area (TPSA) is 111 Å². The van der Waals surface area contributed by atoms with Crippen molar-refractivity contribution in [3.63, 3.8) is 0 Å². The van der Waals surface area contributed by atoms with Gasteiger partial charge in [-0.05, 0) is 32.4 Å². The Balaban J connectivity index is 1.70. The zero-order valence-corrected chi connectivity index (χ0v) is 19.4.